The summed E-state index contributed by atoms with van der Waals surface area (Å²) in [5.41, 5.74) is 1.92. The number of aromatic nitrogens is 2. The number of likely N-dealkylation sites (tertiary alicyclic amines) is 1. The molecule has 2 aromatic rings. The largest absolute Gasteiger partial charge is 0.371 e. The predicted octanol–water partition coefficient (Wildman–Crippen LogP) is 1.70. The summed E-state index contributed by atoms with van der Waals surface area (Å²) in [4.78, 5) is 23.1. The first-order valence-corrected chi connectivity index (χ1v) is 8.25. The van der Waals surface area contributed by atoms with Crippen LogP contribution < -0.4 is 5.32 Å². The number of hydrogen-bond acceptors (Lipinski definition) is 5. The lowest BCUT2D eigenvalue weighted by atomic mass is 9.99. The summed E-state index contributed by atoms with van der Waals surface area (Å²) in [6.45, 7) is 2.49. The lowest BCUT2D eigenvalue weighted by Crippen LogP contribution is -2.44. The van der Waals surface area contributed by atoms with Crippen LogP contribution >= 0.6 is 0 Å². The van der Waals surface area contributed by atoms with Crippen LogP contribution in [0.15, 0.2) is 49.1 Å². The van der Waals surface area contributed by atoms with Crippen molar-refractivity contribution < 1.29 is 9.53 Å². The summed E-state index contributed by atoms with van der Waals surface area (Å²) >= 11 is 0. The zero-order valence-electron chi connectivity index (χ0n) is 13.3. The van der Waals surface area contributed by atoms with Crippen LogP contribution in [0.25, 0.3) is 0 Å². The van der Waals surface area contributed by atoms with Gasteiger partial charge in [0, 0.05) is 38.2 Å². The third-order valence-electron chi connectivity index (χ3n) is 4.63. The maximum Gasteiger partial charge on any atom is 0.230 e. The van der Waals surface area contributed by atoms with Crippen LogP contribution in [-0.4, -0.2) is 46.1 Å². The van der Waals surface area contributed by atoms with E-state index in [2.05, 4.69) is 26.3 Å². The first kappa shape index (κ1) is 15.2. The third-order valence-corrected chi connectivity index (χ3v) is 4.63. The van der Waals surface area contributed by atoms with Gasteiger partial charge in [-0.15, -0.1) is 0 Å². The van der Waals surface area contributed by atoms with E-state index in [4.69, 9.17) is 4.74 Å². The van der Waals surface area contributed by atoms with E-state index in [0.29, 0.717) is 0 Å². The van der Waals surface area contributed by atoms with Gasteiger partial charge in [0.2, 0.25) is 5.91 Å². The average Bonchev–Trinajstić information content (AvgIpc) is 2.91. The predicted molar refractivity (Wildman–Crippen MR) is 89.1 cm³/mol. The molecule has 2 saturated heterocycles. The quantitative estimate of drug-likeness (QED) is 0.927. The summed E-state index contributed by atoms with van der Waals surface area (Å²) in [6, 6.07) is 7.70. The number of nitrogens with zero attached hydrogens (tertiary/aromatic N) is 3. The molecule has 2 fully saturated rings. The van der Waals surface area contributed by atoms with Crippen LogP contribution in [0.4, 0.5) is 5.69 Å². The summed E-state index contributed by atoms with van der Waals surface area (Å²) in [6.07, 6.45) is 7.89. The molecule has 0 radical (unpaired) electrons. The SMILES string of the molecule is O=C(Nc1cccnc1)[C@@H]1C[C@H]2CN(Cc3cccnc3)C[C@@H]1O2. The fraction of sp³-hybridized carbons (Fsp3) is 0.389. The molecule has 1 N–H and O–H groups in total. The molecule has 2 bridgehead atoms. The van der Waals surface area contributed by atoms with Crippen molar-refractivity contribution >= 4 is 11.6 Å². The number of ether oxygens (including phenoxy) is 1. The third kappa shape index (κ3) is 3.29. The fourth-order valence-electron chi connectivity index (χ4n) is 3.56. The maximum absolute atomic E-state index is 12.6. The highest BCUT2D eigenvalue weighted by Gasteiger charge is 2.44. The average molecular weight is 324 g/mol. The van der Waals surface area contributed by atoms with Crippen molar-refractivity contribution in [2.24, 2.45) is 5.92 Å². The minimum absolute atomic E-state index is 0.0266. The Hall–Kier alpha value is -2.31. The van der Waals surface area contributed by atoms with Gasteiger partial charge >= 0.3 is 0 Å². The Morgan fingerprint density at radius 1 is 1.21 bits per heavy atom. The minimum Gasteiger partial charge on any atom is -0.371 e. The van der Waals surface area contributed by atoms with Crippen LogP contribution in [0.5, 0.6) is 0 Å². The van der Waals surface area contributed by atoms with Crippen molar-refractivity contribution in [3.05, 3.63) is 54.6 Å². The van der Waals surface area contributed by atoms with E-state index in [1.165, 1.54) is 5.56 Å². The smallest absolute Gasteiger partial charge is 0.230 e. The van der Waals surface area contributed by atoms with E-state index in [9.17, 15) is 4.79 Å². The molecule has 6 nitrogen and oxygen atoms in total. The Morgan fingerprint density at radius 2 is 2.04 bits per heavy atom. The Labute approximate surface area is 140 Å². The minimum atomic E-state index is -0.103. The van der Waals surface area contributed by atoms with E-state index in [0.717, 1.165) is 31.7 Å². The Balaban J connectivity index is 1.39. The molecule has 2 aliphatic heterocycles. The lowest BCUT2D eigenvalue weighted by molar-refractivity contribution is -0.123. The molecule has 2 aliphatic rings. The van der Waals surface area contributed by atoms with Gasteiger partial charge in [-0.2, -0.15) is 0 Å². The second kappa shape index (κ2) is 6.67. The van der Waals surface area contributed by atoms with Crippen LogP contribution in [0, 0.1) is 5.92 Å². The van der Waals surface area contributed by atoms with Gasteiger partial charge in [-0.3, -0.25) is 19.7 Å². The Morgan fingerprint density at radius 3 is 2.79 bits per heavy atom. The zero-order valence-corrected chi connectivity index (χ0v) is 13.3. The molecule has 2 aromatic heterocycles. The van der Waals surface area contributed by atoms with Crippen molar-refractivity contribution in [2.45, 2.75) is 25.2 Å². The zero-order chi connectivity index (χ0) is 16.4. The van der Waals surface area contributed by atoms with Crippen molar-refractivity contribution in [3.8, 4) is 0 Å². The number of amides is 1. The van der Waals surface area contributed by atoms with E-state index in [1.54, 1.807) is 18.6 Å². The summed E-state index contributed by atoms with van der Waals surface area (Å²) in [7, 11) is 0. The molecule has 4 rings (SSSR count). The van der Waals surface area contributed by atoms with Gasteiger partial charge in [0.1, 0.15) is 0 Å². The van der Waals surface area contributed by atoms with Crippen molar-refractivity contribution in [2.75, 3.05) is 18.4 Å². The number of fused-ring (bicyclic) bond motifs is 2. The highest BCUT2D eigenvalue weighted by Crippen LogP contribution is 2.33. The van der Waals surface area contributed by atoms with E-state index in [1.807, 2.05) is 24.4 Å². The van der Waals surface area contributed by atoms with Gasteiger partial charge in [0.15, 0.2) is 0 Å². The molecule has 1 amide bonds. The highest BCUT2D eigenvalue weighted by molar-refractivity contribution is 5.93. The van der Waals surface area contributed by atoms with E-state index < -0.39 is 0 Å². The van der Waals surface area contributed by atoms with Gasteiger partial charge < -0.3 is 10.1 Å². The van der Waals surface area contributed by atoms with Crippen molar-refractivity contribution in [1.29, 1.82) is 0 Å². The monoisotopic (exact) mass is 324 g/mol. The van der Waals surface area contributed by atoms with Gasteiger partial charge in [0.05, 0.1) is 30.0 Å². The second-order valence-corrected chi connectivity index (χ2v) is 6.43. The molecule has 0 aromatic carbocycles. The van der Waals surface area contributed by atoms with Gasteiger partial charge in [0.25, 0.3) is 0 Å². The normalized spacial score (nSPS) is 26.2. The van der Waals surface area contributed by atoms with Crippen molar-refractivity contribution in [1.82, 2.24) is 14.9 Å². The maximum atomic E-state index is 12.6. The van der Waals surface area contributed by atoms with Crippen molar-refractivity contribution in [3.63, 3.8) is 0 Å². The Bertz CT molecular complexity index is 695. The first-order chi connectivity index (χ1) is 11.8. The highest BCUT2D eigenvalue weighted by atomic mass is 16.5. The lowest BCUT2D eigenvalue weighted by Gasteiger charge is -2.32. The Kier molecular flexibility index (Phi) is 4.23. The van der Waals surface area contributed by atoms with E-state index >= 15 is 0 Å². The summed E-state index contributed by atoms with van der Waals surface area (Å²) in [5, 5.41) is 2.95. The first-order valence-electron chi connectivity index (χ1n) is 8.25. The van der Waals surface area contributed by atoms with Gasteiger partial charge in [-0.05, 0) is 30.2 Å². The number of pyridine rings is 2. The molecule has 24 heavy (non-hydrogen) atoms. The van der Waals surface area contributed by atoms with E-state index in [-0.39, 0.29) is 24.0 Å². The molecule has 0 spiro atoms. The van der Waals surface area contributed by atoms with Crippen LogP contribution in [-0.2, 0) is 16.1 Å². The number of carbonyl (C=O) groups is 1. The topological polar surface area (TPSA) is 67.4 Å². The number of morpholine rings is 1. The second-order valence-electron chi connectivity index (χ2n) is 6.43. The molecular formula is C18H20N4O2. The molecule has 0 unspecified atom stereocenters. The number of hydrogen-bond donors (Lipinski definition) is 1. The molecule has 0 saturated carbocycles. The fourth-order valence-corrected chi connectivity index (χ4v) is 3.56. The van der Waals surface area contributed by atoms with Crippen LogP contribution in [0.1, 0.15) is 12.0 Å². The van der Waals surface area contributed by atoms with Gasteiger partial charge in [-0.1, -0.05) is 6.07 Å². The molecule has 0 aliphatic carbocycles. The molecule has 124 valence electrons. The van der Waals surface area contributed by atoms with Crippen LogP contribution in [0.2, 0.25) is 0 Å². The molecule has 6 heteroatoms. The van der Waals surface area contributed by atoms with Gasteiger partial charge in [-0.25, -0.2) is 0 Å². The molecule has 4 heterocycles. The molecule has 3 atom stereocenters. The number of nitrogens with one attached hydrogen (secondary N) is 1. The summed E-state index contributed by atoms with van der Waals surface area (Å²) < 4.78 is 6.00. The number of carbonyl (C=O) groups excluding carboxylic acids is 1. The van der Waals surface area contributed by atoms with Crippen LogP contribution in [0.3, 0.4) is 0 Å². The standard InChI is InChI=1S/C18H20N4O2/c23-18(21-14-4-2-6-20-9-14)16-7-15-11-22(12-17(16)24-15)10-13-3-1-5-19-8-13/h1-6,8-9,15-17H,7,10-12H2,(H,21,23)/t15-,16+,17-/m0/s1. The number of rotatable bonds is 4. The summed E-state index contributed by atoms with van der Waals surface area (Å²) in [5.74, 6) is -0.0761. The molecular weight excluding hydrogens is 304 g/mol. The number of anilines is 1.